The molecule has 0 fully saturated rings. The Morgan fingerprint density at radius 3 is 2.73 bits per heavy atom. The third-order valence-corrected chi connectivity index (χ3v) is 4.35. The minimum Gasteiger partial charge on any atom is -0.496 e. The summed E-state index contributed by atoms with van der Waals surface area (Å²) >= 11 is 11.8. The van der Waals surface area contributed by atoms with Crippen molar-refractivity contribution < 1.29 is 13.9 Å². The summed E-state index contributed by atoms with van der Waals surface area (Å²) < 4.78 is 10.9. The highest BCUT2D eigenvalue weighted by atomic mass is 35.5. The maximum atomic E-state index is 12.1. The molecule has 0 spiro atoms. The fourth-order valence-electron chi connectivity index (χ4n) is 2.31. The fourth-order valence-corrected chi connectivity index (χ4v) is 2.61. The van der Waals surface area contributed by atoms with Crippen molar-refractivity contribution >= 4 is 29.1 Å². The van der Waals surface area contributed by atoms with E-state index in [-0.39, 0.29) is 5.91 Å². The van der Waals surface area contributed by atoms with E-state index < -0.39 is 0 Å². The average molecular weight is 392 g/mol. The third kappa shape index (κ3) is 4.15. The molecule has 0 bridgehead atoms. The highest BCUT2D eigenvalue weighted by molar-refractivity contribution is 6.42. The molecule has 134 valence electrons. The highest BCUT2D eigenvalue weighted by Crippen LogP contribution is 2.28. The standard InChI is InChI=1S/C18H15Cl2N3O3/c1-25-15-5-3-2-4-12(15)18-23-22-16(26-18)8-9-21-17(24)11-6-7-13(19)14(20)10-11/h2-7,10H,8-9H2,1H3,(H,21,24). The molecule has 3 rings (SSSR count). The number of ether oxygens (including phenoxy) is 1. The number of benzene rings is 2. The molecule has 1 heterocycles. The third-order valence-electron chi connectivity index (χ3n) is 3.61. The normalized spacial score (nSPS) is 10.6. The number of nitrogens with zero attached hydrogens (tertiary/aromatic N) is 2. The van der Waals surface area contributed by atoms with Crippen molar-refractivity contribution in [2.24, 2.45) is 0 Å². The Hall–Kier alpha value is -2.57. The second-order valence-electron chi connectivity index (χ2n) is 5.34. The van der Waals surface area contributed by atoms with Crippen LogP contribution in [0.25, 0.3) is 11.5 Å². The quantitative estimate of drug-likeness (QED) is 0.686. The number of rotatable bonds is 6. The number of hydrogen-bond acceptors (Lipinski definition) is 5. The number of para-hydroxylation sites is 1. The molecule has 1 N–H and O–H groups in total. The number of hydrogen-bond donors (Lipinski definition) is 1. The molecule has 1 amide bonds. The molecule has 0 aliphatic heterocycles. The zero-order chi connectivity index (χ0) is 18.5. The van der Waals surface area contributed by atoms with Crippen LogP contribution in [0.4, 0.5) is 0 Å². The van der Waals surface area contributed by atoms with Crippen LogP contribution in [0.15, 0.2) is 46.9 Å². The molecular formula is C18H15Cl2N3O3. The second-order valence-corrected chi connectivity index (χ2v) is 6.15. The molecule has 6 nitrogen and oxygen atoms in total. The van der Waals surface area contributed by atoms with Crippen molar-refractivity contribution in [3.63, 3.8) is 0 Å². The first kappa shape index (κ1) is 18.2. The number of halogens is 2. The molecule has 2 aromatic carbocycles. The lowest BCUT2D eigenvalue weighted by atomic mass is 10.2. The van der Waals surface area contributed by atoms with Crippen LogP contribution in [0.2, 0.25) is 10.0 Å². The molecule has 8 heteroatoms. The van der Waals surface area contributed by atoms with Crippen LogP contribution in [0.3, 0.4) is 0 Å². The van der Waals surface area contributed by atoms with Crippen molar-refractivity contribution in [2.45, 2.75) is 6.42 Å². The average Bonchev–Trinajstić information content (AvgIpc) is 3.12. The van der Waals surface area contributed by atoms with Gasteiger partial charge in [-0.1, -0.05) is 35.3 Å². The molecule has 0 atom stereocenters. The maximum absolute atomic E-state index is 12.1. The highest BCUT2D eigenvalue weighted by Gasteiger charge is 2.13. The lowest BCUT2D eigenvalue weighted by molar-refractivity contribution is 0.0953. The van der Waals surface area contributed by atoms with Gasteiger partial charge in [0.15, 0.2) is 0 Å². The van der Waals surface area contributed by atoms with Gasteiger partial charge in [0.2, 0.25) is 5.89 Å². The number of carbonyl (C=O) groups is 1. The second kappa shape index (κ2) is 8.21. The van der Waals surface area contributed by atoms with E-state index in [0.717, 1.165) is 0 Å². The molecule has 0 unspecified atom stereocenters. The van der Waals surface area contributed by atoms with Crippen molar-refractivity contribution in [3.8, 4) is 17.2 Å². The largest absolute Gasteiger partial charge is 0.496 e. The zero-order valence-electron chi connectivity index (χ0n) is 13.8. The van der Waals surface area contributed by atoms with Crippen molar-refractivity contribution in [3.05, 3.63) is 64.0 Å². The Bertz CT molecular complexity index is 928. The Kier molecular flexibility index (Phi) is 5.75. The van der Waals surface area contributed by atoms with E-state index in [2.05, 4.69) is 15.5 Å². The predicted octanol–water partition coefficient (Wildman–Crippen LogP) is 4.02. The summed E-state index contributed by atoms with van der Waals surface area (Å²) in [7, 11) is 1.58. The summed E-state index contributed by atoms with van der Waals surface area (Å²) in [4.78, 5) is 12.1. The number of nitrogens with one attached hydrogen (secondary N) is 1. The number of methoxy groups -OCH3 is 1. The Labute approximate surface area is 160 Å². The Morgan fingerprint density at radius 1 is 1.15 bits per heavy atom. The van der Waals surface area contributed by atoms with Crippen LogP contribution < -0.4 is 10.1 Å². The molecule has 0 aliphatic rings. The zero-order valence-corrected chi connectivity index (χ0v) is 15.3. The summed E-state index contributed by atoms with van der Waals surface area (Å²) in [5.41, 5.74) is 1.15. The summed E-state index contributed by atoms with van der Waals surface area (Å²) in [5.74, 6) is 1.18. The van der Waals surface area contributed by atoms with Gasteiger partial charge >= 0.3 is 0 Å². The number of amides is 1. The van der Waals surface area contributed by atoms with Gasteiger partial charge in [-0.05, 0) is 30.3 Å². The maximum Gasteiger partial charge on any atom is 0.251 e. The van der Waals surface area contributed by atoms with Crippen molar-refractivity contribution in [1.82, 2.24) is 15.5 Å². The lowest BCUT2D eigenvalue weighted by Gasteiger charge is -2.05. The van der Waals surface area contributed by atoms with Crippen LogP contribution >= 0.6 is 23.2 Å². The summed E-state index contributed by atoms with van der Waals surface area (Å²) in [6, 6.07) is 12.1. The van der Waals surface area contributed by atoms with Gasteiger partial charge in [-0.2, -0.15) is 0 Å². The summed E-state index contributed by atoms with van der Waals surface area (Å²) in [6.07, 6.45) is 0.398. The number of aromatic nitrogens is 2. The van der Waals surface area contributed by atoms with E-state index in [1.165, 1.54) is 6.07 Å². The van der Waals surface area contributed by atoms with Gasteiger partial charge in [0.05, 0.1) is 22.7 Å². The smallest absolute Gasteiger partial charge is 0.251 e. The van der Waals surface area contributed by atoms with Crippen LogP contribution in [0.1, 0.15) is 16.2 Å². The van der Waals surface area contributed by atoms with Crippen LogP contribution in [-0.4, -0.2) is 29.8 Å². The SMILES string of the molecule is COc1ccccc1-c1nnc(CCNC(=O)c2ccc(Cl)c(Cl)c2)o1. The first-order valence-corrected chi connectivity index (χ1v) is 8.53. The van der Waals surface area contributed by atoms with Gasteiger partial charge in [0, 0.05) is 18.5 Å². The fraction of sp³-hybridized carbons (Fsp3) is 0.167. The topological polar surface area (TPSA) is 77.3 Å². The molecule has 3 aromatic rings. The van der Waals surface area contributed by atoms with E-state index in [1.807, 2.05) is 24.3 Å². The van der Waals surface area contributed by atoms with Gasteiger partial charge in [-0.3, -0.25) is 4.79 Å². The van der Waals surface area contributed by atoms with Gasteiger partial charge < -0.3 is 14.5 Å². The molecule has 0 saturated carbocycles. The van der Waals surface area contributed by atoms with Crippen molar-refractivity contribution in [1.29, 1.82) is 0 Å². The molecule has 0 saturated heterocycles. The molecular weight excluding hydrogens is 377 g/mol. The van der Waals surface area contributed by atoms with Crippen LogP contribution in [0.5, 0.6) is 5.75 Å². The van der Waals surface area contributed by atoms with Gasteiger partial charge in [0.1, 0.15) is 5.75 Å². The Balaban J connectivity index is 1.60. The lowest BCUT2D eigenvalue weighted by Crippen LogP contribution is -2.25. The molecule has 26 heavy (non-hydrogen) atoms. The van der Waals surface area contributed by atoms with Crippen molar-refractivity contribution in [2.75, 3.05) is 13.7 Å². The Morgan fingerprint density at radius 2 is 1.96 bits per heavy atom. The monoisotopic (exact) mass is 391 g/mol. The molecule has 1 aromatic heterocycles. The van der Waals surface area contributed by atoms with E-state index in [1.54, 1.807) is 19.2 Å². The molecule has 0 radical (unpaired) electrons. The van der Waals surface area contributed by atoms with E-state index in [4.69, 9.17) is 32.4 Å². The minimum absolute atomic E-state index is 0.256. The summed E-state index contributed by atoms with van der Waals surface area (Å²) in [6.45, 7) is 0.340. The predicted molar refractivity (Wildman–Crippen MR) is 98.8 cm³/mol. The van der Waals surface area contributed by atoms with Crippen LogP contribution in [-0.2, 0) is 6.42 Å². The van der Waals surface area contributed by atoms with Gasteiger partial charge in [-0.25, -0.2) is 0 Å². The first-order chi connectivity index (χ1) is 12.6. The van der Waals surface area contributed by atoms with E-state index in [9.17, 15) is 4.79 Å². The molecule has 0 aliphatic carbocycles. The summed E-state index contributed by atoms with van der Waals surface area (Å²) in [5, 5.41) is 11.5. The first-order valence-electron chi connectivity index (χ1n) is 7.77. The van der Waals surface area contributed by atoms with Crippen LogP contribution in [0, 0.1) is 0 Å². The van der Waals surface area contributed by atoms with Gasteiger partial charge in [-0.15, -0.1) is 10.2 Å². The van der Waals surface area contributed by atoms with Gasteiger partial charge in [0.25, 0.3) is 11.8 Å². The number of carbonyl (C=O) groups excluding carboxylic acids is 1. The van der Waals surface area contributed by atoms with E-state index in [0.29, 0.717) is 51.7 Å². The minimum atomic E-state index is -0.256. The van der Waals surface area contributed by atoms with E-state index >= 15 is 0 Å².